The first kappa shape index (κ1) is 21.6. The topological polar surface area (TPSA) is 95.6 Å². The molecule has 0 aliphatic carbocycles. The van der Waals surface area contributed by atoms with Gasteiger partial charge in [-0.1, -0.05) is 18.2 Å². The highest BCUT2D eigenvalue weighted by Crippen LogP contribution is 2.18. The number of amides is 2. The summed E-state index contributed by atoms with van der Waals surface area (Å²) >= 11 is 0. The first-order valence-electron chi connectivity index (χ1n) is 8.71. The predicted octanol–water partition coefficient (Wildman–Crippen LogP) is 2.22. The van der Waals surface area contributed by atoms with Gasteiger partial charge in [0, 0.05) is 17.6 Å². The van der Waals surface area contributed by atoms with Crippen LogP contribution in [0.4, 0.5) is 11.4 Å². The van der Waals surface area contributed by atoms with E-state index in [0.29, 0.717) is 5.69 Å². The predicted molar refractivity (Wildman–Crippen MR) is 110 cm³/mol. The fraction of sp³-hybridized carbons (Fsp3) is 0.300. The van der Waals surface area contributed by atoms with Gasteiger partial charge in [0.25, 0.3) is 0 Å². The Hall–Kier alpha value is -2.71. The molecule has 7 nitrogen and oxygen atoms in total. The summed E-state index contributed by atoms with van der Waals surface area (Å²) in [5.74, 6) is -0.559. The number of benzene rings is 2. The zero-order chi connectivity index (χ0) is 20.9. The second-order valence-electron chi connectivity index (χ2n) is 6.82. The van der Waals surface area contributed by atoms with Crippen LogP contribution in [-0.2, 0) is 19.4 Å². The summed E-state index contributed by atoms with van der Waals surface area (Å²) in [6.45, 7) is 3.94. The normalized spacial score (nSPS) is 11.3. The molecule has 0 aliphatic heterocycles. The molecule has 0 radical (unpaired) electrons. The second-order valence-corrected chi connectivity index (χ2v) is 8.83. The molecule has 2 amide bonds. The monoisotopic (exact) mass is 403 g/mol. The summed E-state index contributed by atoms with van der Waals surface area (Å²) in [5.41, 5.74) is 3.23. The Balaban J connectivity index is 1.90. The molecule has 0 heterocycles. The Labute approximate surface area is 165 Å². The average molecular weight is 404 g/mol. The summed E-state index contributed by atoms with van der Waals surface area (Å²) in [6, 6.07) is 11.7. The molecule has 0 aliphatic rings. The number of hydrogen-bond acceptors (Lipinski definition) is 5. The largest absolute Gasteiger partial charge is 0.325 e. The maximum absolute atomic E-state index is 12.2. The van der Waals surface area contributed by atoms with Crippen molar-refractivity contribution in [3.63, 3.8) is 0 Å². The van der Waals surface area contributed by atoms with Crippen LogP contribution in [0.3, 0.4) is 0 Å². The molecular formula is C20H25N3O4S. The smallest absolute Gasteiger partial charge is 0.238 e. The Morgan fingerprint density at radius 1 is 0.964 bits per heavy atom. The summed E-state index contributed by atoms with van der Waals surface area (Å²) in [7, 11) is -1.69. The highest BCUT2D eigenvalue weighted by molar-refractivity contribution is 7.90. The van der Waals surface area contributed by atoms with Crippen LogP contribution in [0, 0.1) is 13.8 Å². The maximum atomic E-state index is 12.2. The van der Waals surface area contributed by atoms with E-state index < -0.39 is 9.84 Å². The second kappa shape index (κ2) is 8.99. The summed E-state index contributed by atoms with van der Waals surface area (Å²) in [6.07, 6.45) is 1.11. The molecule has 0 aromatic heterocycles. The van der Waals surface area contributed by atoms with Crippen LogP contribution in [0.2, 0.25) is 0 Å². The molecule has 28 heavy (non-hydrogen) atoms. The first-order valence-corrected chi connectivity index (χ1v) is 10.6. The molecule has 0 unspecified atom stereocenters. The van der Waals surface area contributed by atoms with Crippen LogP contribution in [0.15, 0.2) is 47.4 Å². The van der Waals surface area contributed by atoms with Gasteiger partial charge in [-0.3, -0.25) is 14.5 Å². The van der Waals surface area contributed by atoms with E-state index in [-0.39, 0.29) is 29.8 Å². The van der Waals surface area contributed by atoms with E-state index >= 15 is 0 Å². The molecule has 0 spiro atoms. The lowest BCUT2D eigenvalue weighted by Crippen LogP contribution is -2.36. The van der Waals surface area contributed by atoms with E-state index in [9.17, 15) is 18.0 Å². The van der Waals surface area contributed by atoms with Gasteiger partial charge < -0.3 is 10.6 Å². The zero-order valence-corrected chi connectivity index (χ0v) is 17.3. The molecule has 2 rings (SSSR count). The van der Waals surface area contributed by atoms with Crippen molar-refractivity contribution in [3.05, 3.63) is 53.6 Å². The number of rotatable bonds is 7. The van der Waals surface area contributed by atoms with Gasteiger partial charge in [0.05, 0.1) is 18.0 Å². The van der Waals surface area contributed by atoms with E-state index in [1.807, 2.05) is 32.0 Å². The lowest BCUT2D eigenvalue weighted by Gasteiger charge is -2.17. The van der Waals surface area contributed by atoms with Gasteiger partial charge >= 0.3 is 0 Å². The van der Waals surface area contributed by atoms with Crippen molar-refractivity contribution in [2.24, 2.45) is 0 Å². The Morgan fingerprint density at radius 2 is 1.57 bits per heavy atom. The molecule has 2 aromatic rings. The Kier molecular flexibility index (Phi) is 6.93. The number of hydrogen-bond donors (Lipinski definition) is 2. The minimum atomic E-state index is -3.35. The molecule has 0 atom stereocenters. The van der Waals surface area contributed by atoms with E-state index in [2.05, 4.69) is 10.6 Å². The number of likely N-dealkylation sites (N-methyl/N-ethyl adjacent to an activating group) is 1. The number of sulfone groups is 1. The van der Waals surface area contributed by atoms with Gasteiger partial charge in [-0.2, -0.15) is 0 Å². The van der Waals surface area contributed by atoms with Gasteiger partial charge in [-0.05, 0) is 56.3 Å². The molecule has 0 fully saturated rings. The number of anilines is 2. The van der Waals surface area contributed by atoms with E-state index in [0.717, 1.165) is 23.1 Å². The molecule has 0 bridgehead atoms. The van der Waals surface area contributed by atoms with Crippen LogP contribution in [-0.4, -0.2) is 51.5 Å². The van der Waals surface area contributed by atoms with Gasteiger partial charge in [-0.25, -0.2) is 8.42 Å². The molecular weight excluding hydrogens is 378 g/mol. The quantitative estimate of drug-likeness (QED) is 0.739. The fourth-order valence-corrected chi connectivity index (χ4v) is 3.29. The van der Waals surface area contributed by atoms with Crippen LogP contribution in [0.1, 0.15) is 11.1 Å². The van der Waals surface area contributed by atoms with Crippen molar-refractivity contribution >= 4 is 33.0 Å². The number of nitrogens with one attached hydrogen (secondary N) is 2. The van der Waals surface area contributed by atoms with Gasteiger partial charge in [-0.15, -0.1) is 0 Å². The third-order valence-corrected chi connectivity index (χ3v) is 5.36. The van der Waals surface area contributed by atoms with Gasteiger partial charge in [0.1, 0.15) is 0 Å². The highest BCUT2D eigenvalue weighted by Gasteiger charge is 2.13. The first-order chi connectivity index (χ1) is 13.1. The van der Waals surface area contributed by atoms with E-state index in [1.54, 1.807) is 24.1 Å². The van der Waals surface area contributed by atoms with Crippen molar-refractivity contribution < 1.29 is 18.0 Å². The Bertz CT molecular complexity index is 987. The van der Waals surface area contributed by atoms with Crippen LogP contribution in [0.5, 0.6) is 0 Å². The minimum Gasteiger partial charge on any atom is -0.325 e. The number of nitrogens with zero attached hydrogens (tertiary/aromatic N) is 1. The molecule has 8 heteroatoms. The van der Waals surface area contributed by atoms with E-state index in [1.165, 1.54) is 12.1 Å². The SMILES string of the molecule is Cc1cccc(NC(=O)CN(C)CC(=O)Nc2cccc(S(C)(=O)=O)c2)c1C. The zero-order valence-electron chi connectivity index (χ0n) is 16.4. The number of carbonyl (C=O) groups excluding carboxylic acids is 2. The minimum absolute atomic E-state index is 0.0106. The Morgan fingerprint density at radius 3 is 2.21 bits per heavy atom. The fourth-order valence-electron chi connectivity index (χ4n) is 2.63. The standard InChI is InChI=1S/C20H25N3O4S/c1-14-7-5-10-18(15(14)2)22-20(25)13-23(3)12-19(24)21-16-8-6-9-17(11-16)28(4,26)27/h5-11H,12-13H2,1-4H3,(H,21,24)(H,22,25). The van der Waals surface area contributed by atoms with Crippen LogP contribution in [0.25, 0.3) is 0 Å². The molecule has 0 saturated heterocycles. The lowest BCUT2D eigenvalue weighted by atomic mass is 10.1. The molecule has 2 N–H and O–H groups in total. The third kappa shape index (κ3) is 6.17. The van der Waals surface area contributed by atoms with Crippen molar-refractivity contribution in [2.45, 2.75) is 18.7 Å². The highest BCUT2D eigenvalue weighted by atomic mass is 32.2. The van der Waals surface area contributed by atoms with E-state index in [4.69, 9.17) is 0 Å². The number of carbonyl (C=O) groups is 2. The summed E-state index contributed by atoms with van der Waals surface area (Å²) in [4.78, 5) is 26.1. The van der Waals surface area contributed by atoms with Gasteiger partial charge in [0.15, 0.2) is 9.84 Å². The lowest BCUT2D eigenvalue weighted by molar-refractivity contribution is -0.119. The maximum Gasteiger partial charge on any atom is 0.238 e. The molecule has 0 saturated carbocycles. The summed E-state index contributed by atoms with van der Waals surface area (Å²) < 4.78 is 23.2. The third-order valence-electron chi connectivity index (χ3n) is 4.25. The average Bonchev–Trinajstić information content (AvgIpc) is 2.58. The number of aryl methyl sites for hydroxylation is 1. The van der Waals surface area contributed by atoms with Crippen molar-refractivity contribution in [2.75, 3.05) is 37.0 Å². The van der Waals surface area contributed by atoms with Crippen molar-refractivity contribution in [3.8, 4) is 0 Å². The van der Waals surface area contributed by atoms with Crippen LogP contribution >= 0.6 is 0 Å². The van der Waals surface area contributed by atoms with Crippen LogP contribution < -0.4 is 10.6 Å². The summed E-state index contributed by atoms with van der Waals surface area (Å²) in [5, 5.41) is 5.50. The molecule has 2 aromatic carbocycles. The van der Waals surface area contributed by atoms with Crippen molar-refractivity contribution in [1.29, 1.82) is 0 Å². The molecule has 150 valence electrons. The van der Waals surface area contributed by atoms with Crippen molar-refractivity contribution in [1.82, 2.24) is 4.90 Å². The van der Waals surface area contributed by atoms with Gasteiger partial charge in [0.2, 0.25) is 11.8 Å².